The lowest BCUT2D eigenvalue weighted by Gasteiger charge is -2.27. The van der Waals surface area contributed by atoms with Gasteiger partial charge >= 0.3 is 0 Å². The second kappa shape index (κ2) is 7.84. The minimum Gasteiger partial charge on any atom is -0.490 e. The molecule has 1 saturated carbocycles. The van der Waals surface area contributed by atoms with Gasteiger partial charge in [0.2, 0.25) is 0 Å². The Balaban J connectivity index is 1.84. The molecule has 1 aromatic rings. The van der Waals surface area contributed by atoms with Crippen LogP contribution < -0.4 is 10.1 Å². The number of rotatable bonds is 6. The van der Waals surface area contributed by atoms with Gasteiger partial charge in [-0.2, -0.15) is 0 Å². The maximum absolute atomic E-state index is 12.2. The summed E-state index contributed by atoms with van der Waals surface area (Å²) in [7, 11) is 0. The number of carbonyl (C=O) groups excluding carboxylic acids is 1. The van der Waals surface area contributed by atoms with Crippen molar-refractivity contribution in [2.45, 2.75) is 31.7 Å². The van der Waals surface area contributed by atoms with Gasteiger partial charge in [-0.05, 0) is 55.9 Å². The molecule has 0 heterocycles. The summed E-state index contributed by atoms with van der Waals surface area (Å²) < 4.78 is 5.39. The van der Waals surface area contributed by atoms with Crippen molar-refractivity contribution in [2.75, 3.05) is 13.2 Å². The van der Waals surface area contributed by atoms with Crippen LogP contribution in [-0.2, 0) is 0 Å². The quantitative estimate of drug-likeness (QED) is 0.791. The van der Waals surface area contributed by atoms with E-state index in [9.17, 15) is 4.79 Å². The minimum absolute atomic E-state index is 0.0438. The zero-order valence-electron chi connectivity index (χ0n) is 12.3. The first-order valence-corrected chi connectivity index (χ1v) is 7.48. The van der Waals surface area contributed by atoms with Crippen LogP contribution in [0.2, 0.25) is 0 Å². The molecule has 0 aromatic heterocycles. The molecule has 114 valence electrons. The molecule has 0 unspecified atom stereocenters. The van der Waals surface area contributed by atoms with Crippen molar-refractivity contribution >= 4 is 5.91 Å². The first-order chi connectivity index (χ1) is 10.2. The fourth-order valence-corrected chi connectivity index (χ4v) is 2.62. The van der Waals surface area contributed by atoms with Crippen LogP contribution in [0.5, 0.6) is 5.75 Å². The average molecular weight is 289 g/mol. The third kappa shape index (κ3) is 4.60. The summed E-state index contributed by atoms with van der Waals surface area (Å²) in [6.07, 6.45) is 5.53. The molecule has 21 heavy (non-hydrogen) atoms. The number of hydrogen-bond acceptors (Lipinski definition) is 3. The maximum Gasteiger partial charge on any atom is 0.251 e. The largest absolute Gasteiger partial charge is 0.490 e. The zero-order chi connectivity index (χ0) is 15.1. The first-order valence-electron chi connectivity index (χ1n) is 7.48. The number of ether oxygens (including phenoxy) is 1. The van der Waals surface area contributed by atoms with Gasteiger partial charge in [-0.15, -0.1) is 0 Å². The van der Waals surface area contributed by atoms with E-state index in [-0.39, 0.29) is 18.6 Å². The van der Waals surface area contributed by atoms with E-state index in [4.69, 9.17) is 9.84 Å². The Morgan fingerprint density at radius 1 is 1.29 bits per heavy atom. The van der Waals surface area contributed by atoms with Crippen LogP contribution in [0, 0.1) is 5.92 Å². The fourth-order valence-electron chi connectivity index (χ4n) is 2.62. The summed E-state index contributed by atoms with van der Waals surface area (Å²) in [4.78, 5) is 12.2. The topological polar surface area (TPSA) is 58.6 Å². The van der Waals surface area contributed by atoms with Crippen molar-refractivity contribution in [1.82, 2.24) is 5.32 Å². The molecule has 2 N–H and O–H groups in total. The summed E-state index contributed by atoms with van der Waals surface area (Å²) in [5.41, 5.74) is 0.644. The molecule has 1 amide bonds. The lowest BCUT2D eigenvalue weighted by Crippen LogP contribution is -2.38. The number of hydrogen-bond donors (Lipinski definition) is 2. The standard InChI is InChI=1S/C17H23NO3/c1-2-11-21-16-9-5-14(6-10-16)17(20)18-15-7-3-13(12-19)4-8-15/h2,5-6,9-10,13,15,19H,1,3-4,7-8,11-12H2,(H,18,20). The molecule has 1 aliphatic carbocycles. The van der Waals surface area contributed by atoms with Crippen LogP contribution in [0.1, 0.15) is 36.0 Å². The summed E-state index contributed by atoms with van der Waals surface area (Å²) in [5, 5.41) is 12.2. The van der Waals surface area contributed by atoms with Gasteiger partial charge in [0.15, 0.2) is 0 Å². The molecule has 2 rings (SSSR count). The van der Waals surface area contributed by atoms with Crippen LogP contribution in [0.15, 0.2) is 36.9 Å². The van der Waals surface area contributed by atoms with Gasteiger partial charge in [-0.25, -0.2) is 0 Å². The van der Waals surface area contributed by atoms with Gasteiger partial charge in [0.25, 0.3) is 5.91 Å². The minimum atomic E-state index is -0.0438. The maximum atomic E-state index is 12.2. The Kier molecular flexibility index (Phi) is 5.81. The van der Waals surface area contributed by atoms with Crippen molar-refractivity contribution in [2.24, 2.45) is 5.92 Å². The number of aliphatic hydroxyl groups is 1. The van der Waals surface area contributed by atoms with Gasteiger partial charge < -0.3 is 15.2 Å². The molecule has 0 radical (unpaired) electrons. The molecule has 0 spiro atoms. The van der Waals surface area contributed by atoms with Crippen molar-refractivity contribution < 1.29 is 14.6 Å². The highest BCUT2D eigenvalue weighted by molar-refractivity contribution is 5.94. The summed E-state index contributed by atoms with van der Waals surface area (Å²) in [6, 6.07) is 7.35. The highest BCUT2D eigenvalue weighted by Crippen LogP contribution is 2.24. The Hall–Kier alpha value is -1.81. The predicted octanol–water partition coefficient (Wildman–Crippen LogP) is 2.53. The summed E-state index contributed by atoms with van der Waals surface area (Å²) in [5.74, 6) is 1.09. The molecule has 4 nitrogen and oxygen atoms in total. The van der Waals surface area contributed by atoms with Crippen molar-refractivity contribution in [1.29, 1.82) is 0 Å². The lowest BCUT2D eigenvalue weighted by atomic mass is 9.86. The predicted molar refractivity (Wildman–Crippen MR) is 82.4 cm³/mol. The normalized spacial score (nSPS) is 21.6. The highest BCUT2D eigenvalue weighted by Gasteiger charge is 2.22. The molecule has 1 aliphatic rings. The monoisotopic (exact) mass is 289 g/mol. The van der Waals surface area contributed by atoms with Gasteiger partial charge in [0.05, 0.1) is 0 Å². The summed E-state index contributed by atoms with van der Waals surface area (Å²) >= 11 is 0. The van der Waals surface area contributed by atoms with E-state index < -0.39 is 0 Å². The van der Waals surface area contributed by atoms with Crippen molar-refractivity contribution in [3.05, 3.63) is 42.5 Å². The fraction of sp³-hybridized carbons (Fsp3) is 0.471. The molecule has 0 aliphatic heterocycles. The number of nitrogens with one attached hydrogen (secondary N) is 1. The van der Waals surface area contributed by atoms with Crippen LogP contribution >= 0.6 is 0 Å². The molecule has 0 saturated heterocycles. The van der Waals surface area contributed by atoms with E-state index in [1.165, 1.54) is 0 Å². The Labute approximate surface area is 125 Å². The van der Waals surface area contributed by atoms with Crippen LogP contribution in [0.25, 0.3) is 0 Å². The van der Waals surface area contributed by atoms with E-state index >= 15 is 0 Å². The smallest absolute Gasteiger partial charge is 0.251 e. The number of aliphatic hydroxyl groups excluding tert-OH is 1. The molecule has 0 atom stereocenters. The highest BCUT2D eigenvalue weighted by atomic mass is 16.5. The lowest BCUT2D eigenvalue weighted by molar-refractivity contribution is 0.0914. The second-order valence-corrected chi connectivity index (χ2v) is 5.50. The Morgan fingerprint density at radius 3 is 2.52 bits per heavy atom. The van der Waals surface area contributed by atoms with E-state index in [1.54, 1.807) is 30.3 Å². The van der Waals surface area contributed by atoms with Crippen molar-refractivity contribution in [3.8, 4) is 5.75 Å². The van der Waals surface area contributed by atoms with Gasteiger partial charge in [-0.3, -0.25) is 4.79 Å². The number of carbonyl (C=O) groups is 1. The van der Waals surface area contributed by atoms with Crippen LogP contribution in [0.4, 0.5) is 0 Å². The van der Waals surface area contributed by atoms with E-state index in [0.717, 1.165) is 31.4 Å². The van der Waals surface area contributed by atoms with Gasteiger partial charge in [0, 0.05) is 18.2 Å². The number of benzene rings is 1. The van der Waals surface area contributed by atoms with E-state index in [0.29, 0.717) is 18.1 Å². The molecular weight excluding hydrogens is 266 g/mol. The Morgan fingerprint density at radius 2 is 1.95 bits per heavy atom. The number of amides is 1. The molecule has 0 bridgehead atoms. The van der Waals surface area contributed by atoms with Crippen LogP contribution in [0.3, 0.4) is 0 Å². The molecule has 1 fully saturated rings. The third-order valence-electron chi connectivity index (χ3n) is 3.92. The van der Waals surface area contributed by atoms with E-state index in [2.05, 4.69) is 11.9 Å². The van der Waals surface area contributed by atoms with Gasteiger partial charge in [-0.1, -0.05) is 12.7 Å². The van der Waals surface area contributed by atoms with E-state index in [1.807, 2.05) is 0 Å². The Bertz CT molecular complexity index is 461. The zero-order valence-corrected chi connectivity index (χ0v) is 12.3. The third-order valence-corrected chi connectivity index (χ3v) is 3.92. The molecule has 4 heteroatoms. The summed E-state index contributed by atoms with van der Waals surface area (Å²) in [6.45, 7) is 4.31. The first kappa shape index (κ1) is 15.6. The second-order valence-electron chi connectivity index (χ2n) is 5.50. The van der Waals surface area contributed by atoms with Gasteiger partial charge in [0.1, 0.15) is 12.4 Å². The molecular formula is C17H23NO3. The van der Waals surface area contributed by atoms with Crippen molar-refractivity contribution in [3.63, 3.8) is 0 Å². The van der Waals surface area contributed by atoms with Crippen LogP contribution in [-0.4, -0.2) is 30.3 Å². The molecule has 1 aromatic carbocycles. The SMILES string of the molecule is C=CCOc1ccc(C(=O)NC2CCC(CO)CC2)cc1. The average Bonchev–Trinajstić information content (AvgIpc) is 2.54.